The second-order valence-corrected chi connectivity index (χ2v) is 9.28. The number of ether oxygens (including phenoxy) is 1. The van der Waals surface area contributed by atoms with E-state index < -0.39 is 18.0 Å². The first-order valence-electron chi connectivity index (χ1n) is 11.3. The second-order valence-electron chi connectivity index (χ2n) is 9.28. The first kappa shape index (κ1) is 27.7. The van der Waals surface area contributed by atoms with Crippen molar-refractivity contribution in [1.29, 1.82) is 5.26 Å². The van der Waals surface area contributed by atoms with Gasteiger partial charge in [0.15, 0.2) is 0 Å². The van der Waals surface area contributed by atoms with Gasteiger partial charge in [0, 0.05) is 12.1 Å². The molecule has 1 aromatic carbocycles. The number of halogens is 3. The monoisotopic (exact) mass is 484 g/mol. The van der Waals surface area contributed by atoms with Crippen molar-refractivity contribution in [2.24, 2.45) is 5.41 Å². The number of anilines is 1. The zero-order valence-electron chi connectivity index (χ0n) is 20.7. The third-order valence-electron chi connectivity index (χ3n) is 5.74. The van der Waals surface area contributed by atoms with Gasteiger partial charge in [0.1, 0.15) is 11.8 Å². The molecule has 1 aliphatic carbocycles. The van der Waals surface area contributed by atoms with Crippen LogP contribution in [0.1, 0.15) is 59.4 Å². The van der Waals surface area contributed by atoms with E-state index in [1.165, 1.54) is 36.1 Å². The number of allylic oxidation sites excluding steroid dienone is 9. The molecule has 186 valence electrons. The van der Waals surface area contributed by atoms with E-state index in [0.717, 1.165) is 24.1 Å². The van der Waals surface area contributed by atoms with E-state index in [1.807, 2.05) is 19.1 Å². The summed E-state index contributed by atoms with van der Waals surface area (Å²) >= 11 is 0. The molecule has 0 spiro atoms. The standard InChI is InChI=1S/C28H31F3N2O2/c1-19(11-13-24-21(3)10-7-15-27(24,4)5)8-6-9-20(2)16-26(34)33-25-14-12-23(17-22(25)18-32)35-28(29,30)31/h6,8-9,11-14,16-17H,7,10,15H2,1-5H3,(H,33,34)/b9-6+,13-11+,19-8+,20-16+. The Hall–Kier alpha value is -3.53. The highest BCUT2D eigenvalue weighted by atomic mass is 19.4. The van der Waals surface area contributed by atoms with Crippen LogP contribution in [-0.4, -0.2) is 12.3 Å². The SMILES string of the molecule is CC1=C(/C=C/C(C)=C/C=C/C(C)=C/C(=O)Nc2ccc(OC(F)(F)F)cc2C#N)C(C)(C)CCC1. The molecule has 1 aromatic rings. The maximum Gasteiger partial charge on any atom is 0.573 e. The predicted octanol–water partition coefficient (Wildman–Crippen LogP) is 7.93. The van der Waals surface area contributed by atoms with E-state index in [4.69, 9.17) is 0 Å². The topological polar surface area (TPSA) is 62.1 Å². The van der Waals surface area contributed by atoms with Crippen molar-refractivity contribution in [2.45, 2.75) is 60.2 Å². The van der Waals surface area contributed by atoms with Crippen LogP contribution in [0.15, 0.2) is 76.9 Å². The molecule has 1 aliphatic rings. The van der Waals surface area contributed by atoms with Gasteiger partial charge >= 0.3 is 6.36 Å². The van der Waals surface area contributed by atoms with Crippen LogP contribution < -0.4 is 10.1 Å². The molecule has 0 radical (unpaired) electrons. The maximum absolute atomic E-state index is 12.4. The quantitative estimate of drug-likeness (QED) is 0.316. The summed E-state index contributed by atoms with van der Waals surface area (Å²) in [6, 6.07) is 4.91. The summed E-state index contributed by atoms with van der Waals surface area (Å²) in [6.45, 7) is 10.5. The highest BCUT2D eigenvalue weighted by Gasteiger charge is 2.31. The van der Waals surface area contributed by atoms with E-state index in [0.29, 0.717) is 5.57 Å². The number of alkyl halides is 3. The van der Waals surface area contributed by atoms with Gasteiger partial charge in [0.25, 0.3) is 0 Å². The lowest BCUT2D eigenvalue weighted by Gasteiger charge is -2.32. The van der Waals surface area contributed by atoms with E-state index in [2.05, 4.69) is 43.0 Å². The summed E-state index contributed by atoms with van der Waals surface area (Å²) in [5.41, 5.74) is 4.70. The summed E-state index contributed by atoms with van der Waals surface area (Å²) < 4.78 is 40.9. The molecule has 0 saturated carbocycles. The number of nitrogens with one attached hydrogen (secondary N) is 1. The number of hydrogen-bond acceptors (Lipinski definition) is 3. The van der Waals surface area contributed by atoms with E-state index in [1.54, 1.807) is 19.1 Å². The molecular weight excluding hydrogens is 453 g/mol. The van der Waals surface area contributed by atoms with Crippen LogP contribution in [-0.2, 0) is 4.79 Å². The molecular formula is C28H31F3N2O2. The number of benzene rings is 1. The fourth-order valence-corrected chi connectivity index (χ4v) is 3.98. The molecule has 1 amide bonds. The van der Waals surface area contributed by atoms with Gasteiger partial charge in [-0.1, -0.05) is 55.4 Å². The van der Waals surface area contributed by atoms with Crippen LogP contribution in [0.5, 0.6) is 5.75 Å². The molecule has 35 heavy (non-hydrogen) atoms. The van der Waals surface area contributed by atoms with Crippen molar-refractivity contribution in [3.63, 3.8) is 0 Å². The number of amides is 1. The molecule has 1 N–H and O–H groups in total. The van der Waals surface area contributed by atoms with Crippen LogP contribution in [0.25, 0.3) is 0 Å². The second kappa shape index (κ2) is 11.7. The fourth-order valence-electron chi connectivity index (χ4n) is 3.98. The number of carbonyl (C=O) groups excluding carboxylic acids is 1. The van der Waals surface area contributed by atoms with Crippen molar-refractivity contribution in [3.8, 4) is 11.8 Å². The zero-order valence-corrected chi connectivity index (χ0v) is 20.7. The molecule has 2 rings (SSSR count). The van der Waals surface area contributed by atoms with Gasteiger partial charge in [0.2, 0.25) is 5.91 Å². The minimum absolute atomic E-state index is 0.0937. The average Bonchev–Trinajstić information content (AvgIpc) is 2.72. The smallest absolute Gasteiger partial charge is 0.406 e. The Balaban J connectivity index is 2.02. The Morgan fingerprint density at radius 2 is 1.91 bits per heavy atom. The van der Waals surface area contributed by atoms with Crippen LogP contribution in [0.3, 0.4) is 0 Å². The predicted molar refractivity (Wildman–Crippen MR) is 133 cm³/mol. The van der Waals surface area contributed by atoms with Gasteiger partial charge in [-0.2, -0.15) is 5.26 Å². The number of rotatable bonds is 7. The zero-order chi connectivity index (χ0) is 26.2. The molecule has 4 nitrogen and oxygen atoms in total. The summed E-state index contributed by atoms with van der Waals surface area (Å²) in [5.74, 6) is -1.04. The van der Waals surface area contributed by atoms with Gasteiger partial charge in [-0.15, -0.1) is 13.2 Å². The normalized spacial score (nSPS) is 17.1. The molecule has 0 unspecified atom stereocenters. The Morgan fingerprint density at radius 3 is 2.54 bits per heavy atom. The fraction of sp³-hybridized carbons (Fsp3) is 0.357. The van der Waals surface area contributed by atoms with Gasteiger partial charge in [0.05, 0.1) is 11.3 Å². The van der Waals surface area contributed by atoms with Crippen molar-refractivity contribution >= 4 is 11.6 Å². The first-order valence-corrected chi connectivity index (χ1v) is 11.3. The first-order chi connectivity index (χ1) is 16.3. The lowest BCUT2D eigenvalue weighted by molar-refractivity contribution is -0.274. The molecule has 7 heteroatoms. The highest BCUT2D eigenvalue weighted by Crippen LogP contribution is 2.40. The largest absolute Gasteiger partial charge is 0.573 e. The molecule has 0 saturated heterocycles. The van der Waals surface area contributed by atoms with Crippen LogP contribution >= 0.6 is 0 Å². The highest BCUT2D eigenvalue weighted by molar-refractivity contribution is 6.00. The van der Waals surface area contributed by atoms with Crippen LogP contribution in [0, 0.1) is 16.7 Å². The van der Waals surface area contributed by atoms with Crippen LogP contribution in [0.2, 0.25) is 0 Å². The molecule has 0 aliphatic heterocycles. The minimum Gasteiger partial charge on any atom is -0.406 e. The Morgan fingerprint density at radius 1 is 1.20 bits per heavy atom. The number of hydrogen-bond donors (Lipinski definition) is 1. The summed E-state index contributed by atoms with van der Waals surface area (Å²) in [4.78, 5) is 12.3. The van der Waals surface area contributed by atoms with Gasteiger partial charge < -0.3 is 10.1 Å². The third kappa shape index (κ3) is 8.97. The van der Waals surface area contributed by atoms with E-state index in [9.17, 15) is 23.2 Å². The minimum atomic E-state index is -4.87. The van der Waals surface area contributed by atoms with E-state index in [-0.39, 0.29) is 16.7 Å². The Labute approximate surface area is 205 Å². The van der Waals surface area contributed by atoms with Gasteiger partial charge in [-0.3, -0.25) is 4.79 Å². The number of nitrogens with zero attached hydrogens (tertiary/aromatic N) is 1. The third-order valence-corrected chi connectivity index (χ3v) is 5.74. The molecule has 0 bridgehead atoms. The number of nitriles is 1. The van der Waals surface area contributed by atoms with Crippen molar-refractivity contribution in [3.05, 3.63) is 82.5 Å². The average molecular weight is 485 g/mol. The molecule has 0 fully saturated rings. The maximum atomic E-state index is 12.4. The molecule has 0 atom stereocenters. The Kier molecular flexibility index (Phi) is 9.30. The van der Waals surface area contributed by atoms with Gasteiger partial charge in [-0.05, 0) is 68.7 Å². The van der Waals surface area contributed by atoms with E-state index >= 15 is 0 Å². The van der Waals surface area contributed by atoms with Crippen molar-refractivity contribution < 1.29 is 22.7 Å². The summed E-state index contributed by atoms with van der Waals surface area (Å²) in [7, 11) is 0. The van der Waals surface area contributed by atoms with Crippen molar-refractivity contribution in [1.82, 2.24) is 0 Å². The van der Waals surface area contributed by atoms with Crippen LogP contribution in [0.4, 0.5) is 18.9 Å². The van der Waals surface area contributed by atoms with Gasteiger partial charge in [-0.25, -0.2) is 0 Å². The number of carbonyl (C=O) groups is 1. The Bertz CT molecular complexity index is 1140. The van der Waals surface area contributed by atoms with Crippen molar-refractivity contribution in [2.75, 3.05) is 5.32 Å². The molecule has 0 aromatic heterocycles. The summed E-state index contributed by atoms with van der Waals surface area (Å²) in [6.07, 6.45) is 9.88. The lowest BCUT2D eigenvalue weighted by atomic mass is 9.72. The summed E-state index contributed by atoms with van der Waals surface area (Å²) in [5, 5.41) is 11.7. The molecule has 0 heterocycles. The lowest BCUT2D eigenvalue weighted by Crippen LogP contribution is -2.19.